The Labute approximate surface area is 116 Å². The molecule has 0 unspecified atom stereocenters. The number of carbonyl (C=O) groups is 1. The van der Waals surface area contributed by atoms with Crippen molar-refractivity contribution in [3.63, 3.8) is 0 Å². The first-order valence-corrected chi connectivity index (χ1v) is 6.30. The maximum absolute atomic E-state index is 10.3. The van der Waals surface area contributed by atoms with Gasteiger partial charge in [0.2, 0.25) is 5.69 Å². The molecule has 94 valence electrons. The zero-order chi connectivity index (χ0) is 13.7. The summed E-state index contributed by atoms with van der Waals surface area (Å²) in [6.07, 6.45) is 3.77. The zero-order valence-electron chi connectivity index (χ0n) is 10.2. The van der Waals surface area contributed by atoms with Crippen LogP contribution < -0.4 is 0 Å². The second-order valence-corrected chi connectivity index (χ2v) is 4.53. The molecule has 2 aromatic rings. The number of hydrogen-bond donors (Lipinski definition) is 0. The van der Waals surface area contributed by atoms with Crippen LogP contribution in [0.3, 0.4) is 0 Å². The second-order valence-electron chi connectivity index (χ2n) is 4.09. The van der Waals surface area contributed by atoms with Crippen molar-refractivity contribution in [2.75, 3.05) is 6.54 Å². The second kappa shape index (κ2) is 6.12. The van der Waals surface area contributed by atoms with E-state index in [0.29, 0.717) is 18.7 Å². The summed E-state index contributed by atoms with van der Waals surface area (Å²) in [7, 11) is 0. The van der Waals surface area contributed by atoms with Crippen LogP contribution in [0.25, 0.3) is 10.8 Å². The molecule has 0 bridgehead atoms. The fourth-order valence-electron chi connectivity index (χ4n) is 1.86. The normalized spacial score (nSPS) is 10.1. The van der Waals surface area contributed by atoms with Crippen LogP contribution in [-0.4, -0.2) is 21.8 Å². The molecule has 0 saturated carbocycles. The third kappa shape index (κ3) is 2.98. The van der Waals surface area contributed by atoms with Crippen LogP contribution in [0.5, 0.6) is 0 Å². The van der Waals surface area contributed by atoms with Crippen molar-refractivity contribution < 1.29 is 8.74 Å². The molecule has 2 rings (SSSR count). The van der Waals surface area contributed by atoms with Crippen LogP contribution in [-0.2, 0) is 17.2 Å². The lowest BCUT2D eigenvalue weighted by Crippen LogP contribution is -2.03. The Morgan fingerprint density at radius 2 is 2.26 bits per heavy atom. The van der Waals surface area contributed by atoms with Crippen molar-refractivity contribution in [1.82, 2.24) is 4.98 Å². The quantitative estimate of drug-likeness (QED) is 0.476. The number of hydrogen-bond acceptors (Lipinski definition) is 4. The van der Waals surface area contributed by atoms with Crippen LogP contribution in [0.1, 0.15) is 18.5 Å². The van der Waals surface area contributed by atoms with Gasteiger partial charge in [-0.1, -0.05) is 0 Å². The third-order valence-electron chi connectivity index (χ3n) is 2.83. The van der Waals surface area contributed by atoms with Gasteiger partial charge in [-0.25, -0.2) is 4.98 Å². The zero-order valence-corrected chi connectivity index (χ0v) is 11.1. The first kappa shape index (κ1) is 13.2. The molecule has 0 aliphatic heterocycles. The van der Waals surface area contributed by atoms with Crippen molar-refractivity contribution in [3.8, 4) is 6.07 Å². The van der Waals surface area contributed by atoms with Gasteiger partial charge in [-0.2, -0.15) is 5.26 Å². The average molecular weight is 270 g/mol. The highest BCUT2D eigenvalue weighted by Gasteiger charge is 2.11. The SMILES string of the molecule is N#Cc1nccc2cc([N+](=S)CCCC=O)ccc12. The number of benzene rings is 1. The van der Waals surface area contributed by atoms with Crippen molar-refractivity contribution >= 4 is 35.2 Å². The van der Waals surface area contributed by atoms with Gasteiger partial charge in [0.25, 0.3) is 12.4 Å². The van der Waals surface area contributed by atoms with E-state index in [0.717, 1.165) is 29.2 Å². The fourth-order valence-corrected chi connectivity index (χ4v) is 2.10. The molecule has 4 nitrogen and oxygen atoms in total. The smallest absolute Gasteiger partial charge is 0.270 e. The number of nitriles is 1. The van der Waals surface area contributed by atoms with Crippen LogP contribution in [0.2, 0.25) is 0 Å². The summed E-state index contributed by atoms with van der Waals surface area (Å²) in [5, 5.41) is 10.7. The highest BCUT2D eigenvalue weighted by Crippen LogP contribution is 2.22. The Hall–Kier alpha value is -2.19. The van der Waals surface area contributed by atoms with Gasteiger partial charge in [0.05, 0.1) is 0 Å². The number of fused-ring (bicyclic) bond motifs is 1. The molecule has 0 fully saturated rings. The number of nitrogens with zero attached hydrogens (tertiary/aromatic N) is 3. The van der Waals surface area contributed by atoms with E-state index in [4.69, 9.17) is 17.7 Å². The molecule has 1 aromatic heterocycles. The summed E-state index contributed by atoms with van der Waals surface area (Å²) in [6, 6.07) is 9.59. The Morgan fingerprint density at radius 3 is 3.00 bits per heavy atom. The lowest BCUT2D eigenvalue weighted by atomic mass is 10.1. The molecule has 0 atom stereocenters. The molecule has 5 heteroatoms. The number of aromatic nitrogens is 1. The van der Waals surface area contributed by atoms with E-state index in [1.165, 1.54) is 0 Å². The highest BCUT2D eigenvalue weighted by atomic mass is 32.1. The number of rotatable bonds is 5. The van der Waals surface area contributed by atoms with E-state index in [-0.39, 0.29) is 0 Å². The number of carbonyl (C=O) groups excluding carboxylic acids is 1. The van der Waals surface area contributed by atoms with Crippen LogP contribution in [0.4, 0.5) is 5.69 Å². The minimum Gasteiger partial charge on any atom is -0.303 e. The van der Waals surface area contributed by atoms with Crippen LogP contribution in [0.15, 0.2) is 30.5 Å². The van der Waals surface area contributed by atoms with Gasteiger partial charge < -0.3 is 4.79 Å². The lowest BCUT2D eigenvalue weighted by molar-refractivity contribution is -0.408. The molecule has 0 spiro atoms. The molecule has 1 aromatic carbocycles. The molecule has 19 heavy (non-hydrogen) atoms. The molecule has 0 N–H and O–H groups in total. The van der Waals surface area contributed by atoms with E-state index in [1.807, 2.05) is 24.3 Å². The number of aldehydes is 1. The first-order chi connectivity index (χ1) is 9.26. The predicted octanol–water partition coefficient (Wildman–Crippen LogP) is 2.46. The standard InChI is InChI=1S/C14H12N3OS/c15-10-14-13-4-3-12(9-11(13)5-6-16-14)17(19)7-1-2-8-18/h3-6,8-9H,1-2,7H2/q+1. The van der Waals surface area contributed by atoms with E-state index in [1.54, 1.807) is 10.1 Å². The van der Waals surface area contributed by atoms with Crippen LogP contribution in [0, 0.1) is 11.3 Å². The first-order valence-electron chi connectivity index (χ1n) is 5.93. The van der Waals surface area contributed by atoms with Gasteiger partial charge in [0, 0.05) is 36.6 Å². The Bertz CT molecular complexity index is 676. The summed E-state index contributed by atoms with van der Waals surface area (Å²) in [5.74, 6) is 0. The van der Waals surface area contributed by atoms with Crippen molar-refractivity contribution in [3.05, 3.63) is 36.2 Å². The van der Waals surface area contributed by atoms with Gasteiger partial charge in [-0.05, 0) is 17.5 Å². The summed E-state index contributed by atoms with van der Waals surface area (Å²) in [4.78, 5) is 14.3. The van der Waals surface area contributed by atoms with Gasteiger partial charge in [-0.3, -0.25) is 0 Å². The van der Waals surface area contributed by atoms with Gasteiger partial charge in [0.15, 0.2) is 6.54 Å². The Kier molecular flexibility index (Phi) is 4.26. The molecular formula is C14H12N3OS+. The fraction of sp³-hybridized carbons (Fsp3) is 0.214. The van der Waals surface area contributed by atoms with E-state index >= 15 is 0 Å². The lowest BCUT2D eigenvalue weighted by Gasteiger charge is -2.01. The van der Waals surface area contributed by atoms with Crippen molar-refractivity contribution in [2.24, 2.45) is 0 Å². The third-order valence-corrected chi connectivity index (χ3v) is 3.22. The summed E-state index contributed by atoms with van der Waals surface area (Å²) in [6.45, 7) is 0.649. The van der Waals surface area contributed by atoms with Crippen LogP contribution >= 0.6 is 0 Å². The average Bonchev–Trinajstić information content (AvgIpc) is 2.46. The summed E-state index contributed by atoms with van der Waals surface area (Å²) >= 11 is 5.28. The molecular weight excluding hydrogens is 258 g/mol. The molecule has 0 amide bonds. The number of pyridine rings is 1. The van der Waals surface area contributed by atoms with E-state index in [9.17, 15) is 4.79 Å². The maximum Gasteiger partial charge on any atom is 0.270 e. The number of unbranched alkanes of at least 4 members (excludes halogenated alkanes) is 1. The van der Waals surface area contributed by atoms with E-state index < -0.39 is 0 Å². The van der Waals surface area contributed by atoms with Crippen molar-refractivity contribution in [1.29, 1.82) is 5.26 Å². The maximum atomic E-state index is 10.3. The minimum atomic E-state index is 0.418. The monoisotopic (exact) mass is 270 g/mol. The summed E-state index contributed by atoms with van der Waals surface area (Å²) < 4.78 is 1.69. The molecule has 0 aliphatic rings. The summed E-state index contributed by atoms with van der Waals surface area (Å²) in [5.41, 5.74) is 1.31. The molecule has 0 radical (unpaired) electrons. The Balaban J connectivity index is 2.30. The topological polar surface area (TPSA) is 56.8 Å². The highest BCUT2D eigenvalue weighted by molar-refractivity contribution is 7.44. The molecule has 1 heterocycles. The van der Waals surface area contributed by atoms with Gasteiger partial charge in [0.1, 0.15) is 18.0 Å². The Morgan fingerprint density at radius 1 is 1.42 bits per heavy atom. The van der Waals surface area contributed by atoms with E-state index in [2.05, 4.69) is 11.1 Å². The molecule has 0 aliphatic carbocycles. The van der Waals surface area contributed by atoms with Gasteiger partial charge >= 0.3 is 0 Å². The largest absolute Gasteiger partial charge is 0.303 e. The minimum absolute atomic E-state index is 0.418. The predicted molar refractivity (Wildman–Crippen MR) is 73.9 cm³/mol. The van der Waals surface area contributed by atoms with Crippen molar-refractivity contribution in [2.45, 2.75) is 12.8 Å². The van der Waals surface area contributed by atoms with Gasteiger partial charge in [-0.15, -0.1) is 3.95 Å². The molecule has 0 saturated heterocycles.